The van der Waals surface area contributed by atoms with Gasteiger partial charge in [-0.15, -0.1) is 0 Å². The van der Waals surface area contributed by atoms with Gasteiger partial charge in [-0.3, -0.25) is 0 Å². The minimum atomic E-state index is -4.62. The molecule has 0 aliphatic carbocycles. The number of benzene rings is 3. The van der Waals surface area contributed by atoms with Crippen LogP contribution in [0.25, 0.3) is 0 Å². The Kier molecular flexibility index (Phi) is 6.20. The molecular weight excluding hydrogens is 470 g/mol. The Bertz CT molecular complexity index is 1060. The van der Waals surface area contributed by atoms with Gasteiger partial charge < -0.3 is 9.47 Å². The predicted molar refractivity (Wildman–Crippen MR) is 110 cm³/mol. The van der Waals surface area contributed by atoms with E-state index >= 15 is 0 Å². The lowest BCUT2D eigenvalue weighted by Gasteiger charge is -2.41. The third-order valence-electron chi connectivity index (χ3n) is 5.59. The molecule has 0 radical (unpaired) electrons. The first-order valence-corrected chi connectivity index (χ1v) is 10.2. The van der Waals surface area contributed by atoms with Gasteiger partial charge in [0, 0.05) is 10.6 Å². The largest absolute Gasteiger partial charge is 0.416 e. The summed E-state index contributed by atoms with van der Waals surface area (Å²) in [6.45, 7) is -0.383. The Morgan fingerprint density at radius 3 is 1.58 bits per heavy atom. The van der Waals surface area contributed by atoms with Gasteiger partial charge in [-0.2, -0.15) is 26.3 Å². The Balaban J connectivity index is 1.77. The fourth-order valence-corrected chi connectivity index (χ4v) is 3.95. The molecular formula is C24H17ClF6O2. The summed E-state index contributed by atoms with van der Waals surface area (Å²) in [5.74, 6) is 0. The second-order valence-corrected chi connectivity index (χ2v) is 8.18. The molecule has 3 aromatic carbocycles. The molecule has 3 aromatic rings. The van der Waals surface area contributed by atoms with E-state index in [2.05, 4.69) is 0 Å². The first kappa shape index (κ1) is 23.6. The molecule has 1 saturated heterocycles. The summed E-state index contributed by atoms with van der Waals surface area (Å²) in [6.07, 6.45) is -10.1. The smallest absolute Gasteiger partial charge is 0.347 e. The summed E-state index contributed by atoms with van der Waals surface area (Å²) in [5.41, 5.74) is -2.29. The predicted octanol–water partition coefficient (Wildman–Crippen LogP) is 7.41. The van der Waals surface area contributed by atoms with E-state index in [9.17, 15) is 26.3 Å². The minimum Gasteiger partial charge on any atom is -0.347 e. The van der Waals surface area contributed by atoms with Crippen molar-refractivity contribution < 1.29 is 35.8 Å². The van der Waals surface area contributed by atoms with Crippen LogP contribution in [-0.2, 0) is 27.2 Å². The zero-order chi connectivity index (χ0) is 23.9. The van der Waals surface area contributed by atoms with Crippen molar-refractivity contribution in [2.24, 2.45) is 0 Å². The molecule has 2 nitrogen and oxygen atoms in total. The standard InChI is InChI=1S/C24H17ClF6O2/c25-20-9-7-15(8-10-20)21-32-13-22(14-33-21,16-3-1-5-18(11-16)23(26,27)28)17-4-2-6-19(12-17)24(29,30)31/h1-12,21H,13-14H2. The van der Waals surface area contributed by atoms with E-state index in [0.29, 0.717) is 10.6 Å². The number of alkyl halides is 6. The SMILES string of the molecule is FC(F)(F)c1cccc(C2(c3cccc(C(F)(F)F)c3)COC(c3ccc(Cl)cc3)OC2)c1. The van der Waals surface area contributed by atoms with Gasteiger partial charge in [0.25, 0.3) is 0 Å². The average Bonchev–Trinajstić information content (AvgIpc) is 2.79. The van der Waals surface area contributed by atoms with Gasteiger partial charge in [0.2, 0.25) is 0 Å². The van der Waals surface area contributed by atoms with Gasteiger partial charge >= 0.3 is 12.4 Å². The fourth-order valence-electron chi connectivity index (χ4n) is 3.82. The summed E-state index contributed by atoms with van der Waals surface area (Å²) >= 11 is 5.89. The molecule has 1 heterocycles. The summed E-state index contributed by atoms with van der Waals surface area (Å²) in [7, 11) is 0. The van der Waals surface area contributed by atoms with Gasteiger partial charge in [-0.05, 0) is 35.4 Å². The van der Waals surface area contributed by atoms with Gasteiger partial charge in [0.05, 0.1) is 29.8 Å². The highest BCUT2D eigenvalue weighted by atomic mass is 35.5. The zero-order valence-corrected chi connectivity index (χ0v) is 17.6. The molecule has 0 aromatic heterocycles. The molecule has 0 N–H and O–H groups in total. The summed E-state index contributed by atoms with van der Waals surface area (Å²) < 4.78 is 92.0. The second-order valence-electron chi connectivity index (χ2n) is 7.74. The summed E-state index contributed by atoms with van der Waals surface area (Å²) in [4.78, 5) is 0. The molecule has 0 atom stereocenters. The zero-order valence-electron chi connectivity index (χ0n) is 16.9. The van der Waals surface area contributed by atoms with Crippen molar-refractivity contribution in [3.05, 3.63) is 106 Å². The third kappa shape index (κ3) is 4.88. The number of hydrogen-bond acceptors (Lipinski definition) is 2. The van der Waals surface area contributed by atoms with E-state index in [1.165, 1.54) is 24.3 Å². The molecule has 0 amide bonds. The van der Waals surface area contributed by atoms with Crippen molar-refractivity contribution in [1.29, 1.82) is 0 Å². The molecule has 0 saturated carbocycles. The van der Waals surface area contributed by atoms with Crippen molar-refractivity contribution in [3.8, 4) is 0 Å². The molecule has 1 fully saturated rings. The van der Waals surface area contributed by atoms with Crippen LogP contribution in [0.3, 0.4) is 0 Å². The Labute approximate surface area is 190 Å². The number of halogens is 7. The lowest BCUT2D eigenvalue weighted by molar-refractivity contribution is -0.207. The van der Waals surface area contributed by atoms with E-state index in [4.69, 9.17) is 21.1 Å². The van der Waals surface area contributed by atoms with Crippen molar-refractivity contribution in [3.63, 3.8) is 0 Å². The Hall–Kier alpha value is -2.55. The van der Waals surface area contributed by atoms with Gasteiger partial charge in [0.1, 0.15) is 0 Å². The molecule has 1 aliphatic rings. The normalized spacial score (nSPS) is 17.2. The molecule has 0 bridgehead atoms. The van der Waals surface area contributed by atoms with Crippen LogP contribution in [-0.4, -0.2) is 13.2 Å². The second kappa shape index (κ2) is 8.66. The Morgan fingerprint density at radius 2 is 1.15 bits per heavy atom. The van der Waals surface area contributed by atoms with Gasteiger partial charge in [-0.25, -0.2) is 0 Å². The lowest BCUT2D eigenvalue weighted by Crippen LogP contribution is -2.44. The van der Waals surface area contributed by atoms with Crippen LogP contribution in [0.2, 0.25) is 5.02 Å². The van der Waals surface area contributed by atoms with Crippen LogP contribution >= 0.6 is 11.6 Å². The van der Waals surface area contributed by atoms with E-state index in [1.807, 2.05) is 0 Å². The molecule has 0 unspecified atom stereocenters. The lowest BCUT2D eigenvalue weighted by atomic mass is 9.74. The maximum Gasteiger partial charge on any atom is 0.416 e. The number of rotatable bonds is 3. The maximum atomic E-state index is 13.4. The number of hydrogen-bond donors (Lipinski definition) is 0. The van der Waals surface area contributed by atoms with Crippen LogP contribution < -0.4 is 0 Å². The molecule has 9 heteroatoms. The third-order valence-corrected chi connectivity index (χ3v) is 5.84. The van der Waals surface area contributed by atoms with Crippen molar-refractivity contribution in [1.82, 2.24) is 0 Å². The average molecular weight is 487 g/mol. The molecule has 1 aliphatic heterocycles. The molecule has 0 spiro atoms. The van der Waals surface area contributed by atoms with E-state index in [1.54, 1.807) is 24.3 Å². The molecule has 4 rings (SSSR count). The first-order chi connectivity index (χ1) is 15.5. The highest BCUT2D eigenvalue weighted by Crippen LogP contribution is 2.43. The van der Waals surface area contributed by atoms with Crippen molar-refractivity contribution in [2.45, 2.75) is 24.1 Å². The topological polar surface area (TPSA) is 18.5 Å². The van der Waals surface area contributed by atoms with Crippen LogP contribution in [0, 0.1) is 0 Å². The van der Waals surface area contributed by atoms with Crippen LogP contribution in [0.1, 0.15) is 34.1 Å². The maximum absolute atomic E-state index is 13.4. The quantitative estimate of drug-likeness (QED) is 0.359. The number of ether oxygens (including phenoxy) is 2. The summed E-state index contributed by atoms with van der Waals surface area (Å²) in [6, 6.07) is 15.6. The first-order valence-electron chi connectivity index (χ1n) is 9.83. The van der Waals surface area contributed by atoms with Gasteiger partial charge in [0.15, 0.2) is 6.29 Å². The van der Waals surface area contributed by atoms with Crippen LogP contribution in [0.5, 0.6) is 0 Å². The van der Waals surface area contributed by atoms with Crippen molar-refractivity contribution >= 4 is 11.6 Å². The van der Waals surface area contributed by atoms with E-state index in [0.717, 1.165) is 24.3 Å². The summed E-state index contributed by atoms with van der Waals surface area (Å²) in [5, 5.41) is 0.497. The Morgan fingerprint density at radius 1 is 0.697 bits per heavy atom. The highest BCUT2D eigenvalue weighted by molar-refractivity contribution is 6.30. The molecule has 174 valence electrons. The van der Waals surface area contributed by atoms with Crippen LogP contribution in [0.4, 0.5) is 26.3 Å². The van der Waals surface area contributed by atoms with E-state index < -0.39 is 35.2 Å². The van der Waals surface area contributed by atoms with E-state index in [-0.39, 0.29) is 24.3 Å². The van der Waals surface area contributed by atoms with Crippen molar-refractivity contribution in [2.75, 3.05) is 13.2 Å². The monoisotopic (exact) mass is 486 g/mol. The minimum absolute atomic E-state index is 0.145. The van der Waals surface area contributed by atoms with Gasteiger partial charge in [-0.1, -0.05) is 60.1 Å². The van der Waals surface area contributed by atoms with Crippen LogP contribution in [0.15, 0.2) is 72.8 Å². The molecule has 33 heavy (non-hydrogen) atoms. The highest BCUT2D eigenvalue weighted by Gasteiger charge is 2.43. The fraction of sp³-hybridized carbons (Fsp3) is 0.250.